The fourth-order valence-electron chi connectivity index (χ4n) is 1.26. The van der Waals surface area contributed by atoms with E-state index in [0.717, 1.165) is 5.33 Å². The van der Waals surface area contributed by atoms with Crippen molar-refractivity contribution >= 4 is 15.9 Å². The van der Waals surface area contributed by atoms with E-state index in [0.29, 0.717) is 0 Å². The van der Waals surface area contributed by atoms with Gasteiger partial charge in [-0.2, -0.15) is 0 Å². The molecule has 0 nitrogen and oxygen atoms in total. The highest BCUT2D eigenvalue weighted by molar-refractivity contribution is 9.09. The fourth-order valence-corrected chi connectivity index (χ4v) is 1.65. The Bertz CT molecular complexity index is 127. The monoisotopic (exact) mass is 244 g/mol. The lowest BCUT2D eigenvalue weighted by molar-refractivity contribution is 0.614. The Morgan fingerprint density at radius 2 is 1.54 bits per heavy atom. The van der Waals surface area contributed by atoms with Crippen LogP contribution in [0.15, 0.2) is 24.8 Å². The molecule has 0 amide bonds. The third-order valence-electron chi connectivity index (χ3n) is 2.03. The van der Waals surface area contributed by atoms with E-state index in [9.17, 15) is 0 Å². The minimum atomic E-state index is 1.16. The predicted octanol–water partition coefficient (Wildman–Crippen LogP) is 4.85. The van der Waals surface area contributed by atoms with Crippen LogP contribution in [0.3, 0.4) is 0 Å². The number of allylic oxidation sites excluding steroid dienone is 3. The fraction of sp³-hybridized carbons (Fsp3) is 0.667. The summed E-state index contributed by atoms with van der Waals surface area (Å²) in [5.41, 5.74) is 0. The molecule has 13 heavy (non-hydrogen) atoms. The van der Waals surface area contributed by atoms with E-state index < -0.39 is 0 Å². The van der Waals surface area contributed by atoms with Gasteiger partial charge in [0.15, 0.2) is 0 Å². The van der Waals surface area contributed by atoms with Gasteiger partial charge < -0.3 is 0 Å². The van der Waals surface area contributed by atoms with E-state index in [2.05, 4.69) is 28.6 Å². The average Bonchev–Trinajstić information content (AvgIpc) is 2.16. The summed E-state index contributed by atoms with van der Waals surface area (Å²) >= 11 is 3.44. The first-order chi connectivity index (χ1) is 6.41. The molecule has 0 aromatic heterocycles. The molecule has 0 spiro atoms. The van der Waals surface area contributed by atoms with Crippen molar-refractivity contribution in [2.75, 3.05) is 5.33 Å². The smallest absolute Gasteiger partial charge is 0.00313 e. The first-order valence-corrected chi connectivity index (χ1v) is 6.37. The van der Waals surface area contributed by atoms with Crippen LogP contribution in [0.2, 0.25) is 0 Å². The molecule has 0 fully saturated rings. The molecule has 0 rings (SSSR count). The molecule has 76 valence electrons. The number of halogens is 1. The van der Waals surface area contributed by atoms with E-state index in [1.54, 1.807) is 0 Å². The first-order valence-electron chi connectivity index (χ1n) is 5.25. The summed E-state index contributed by atoms with van der Waals surface area (Å²) in [6.45, 7) is 3.64. The second-order valence-electron chi connectivity index (χ2n) is 3.26. The summed E-state index contributed by atoms with van der Waals surface area (Å²) in [6.07, 6.45) is 15.5. The third kappa shape index (κ3) is 12.0. The number of rotatable bonds is 9. The standard InChI is InChI=1S/C12H21Br/c1-2-3-4-5-6-7-8-9-10-11-12-13/h2-4H,1,5-12H2. The lowest BCUT2D eigenvalue weighted by Crippen LogP contribution is -1.79. The average molecular weight is 245 g/mol. The van der Waals surface area contributed by atoms with E-state index in [1.165, 1.54) is 44.9 Å². The van der Waals surface area contributed by atoms with Crippen LogP contribution in [0, 0.1) is 0 Å². The van der Waals surface area contributed by atoms with Gasteiger partial charge in [-0.15, -0.1) is 0 Å². The predicted molar refractivity (Wildman–Crippen MR) is 65.5 cm³/mol. The number of hydrogen-bond donors (Lipinski definition) is 0. The van der Waals surface area contributed by atoms with Crippen molar-refractivity contribution in [3.05, 3.63) is 24.8 Å². The van der Waals surface area contributed by atoms with Crippen LogP contribution < -0.4 is 0 Å². The van der Waals surface area contributed by atoms with Crippen molar-refractivity contribution in [3.8, 4) is 0 Å². The Morgan fingerprint density at radius 3 is 2.15 bits per heavy atom. The highest BCUT2D eigenvalue weighted by Crippen LogP contribution is 2.08. The molecule has 0 aliphatic rings. The Kier molecular flexibility index (Phi) is 11.9. The molecule has 0 N–H and O–H groups in total. The van der Waals surface area contributed by atoms with Crippen molar-refractivity contribution < 1.29 is 0 Å². The molecule has 0 heterocycles. The highest BCUT2D eigenvalue weighted by Gasteiger charge is 1.88. The summed E-state index contributed by atoms with van der Waals surface area (Å²) in [6, 6.07) is 0. The largest absolute Gasteiger partial charge is 0.0991 e. The molecule has 0 saturated carbocycles. The summed E-state index contributed by atoms with van der Waals surface area (Å²) < 4.78 is 0. The van der Waals surface area contributed by atoms with Gasteiger partial charge in [0.1, 0.15) is 0 Å². The lowest BCUT2D eigenvalue weighted by atomic mass is 10.1. The van der Waals surface area contributed by atoms with Crippen LogP contribution in [0.25, 0.3) is 0 Å². The maximum Gasteiger partial charge on any atom is 0.00313 e. The van der Waals surface area contributed by atoms with Gasteiger partial charge in [-0.1, -0.05) is 66.4 Å². The quantitative estimate of drug-likeness (QED) is 0.309. The zero-order valence-corrected chi connectivity index (χ0v) is 10.1. The van der Waals surface area contributed by atoms with Crippen molar-refractivity contribution in [1.82, 2.24) is 0 Å². The highest BCUT2D eigenvalue weighted by atomic mass is 79.9. The first kappa shape index (κ1) is 13.0. The number of hydrogen-bond acceptors (Lipinski definition) is 0. The third-order valence-corrected chi connectivity index (χ3v) is 2.59. The van der Waals surface area contributed by atoms with Gasteiger partial charge in [0.25, 0.3) is 0 Å². The van der Waals surface area contributed by atoms with Gasteiger partial charge >= 0.3 is 0 Å². The molecule has 1 heteroatoms. The van der Waals surface area contributed by atoms with Gasteiger partial charge in [0, 0.05) is 5.33 Å². The molecule has 0 aromatic carbocycles. The molecule has 0 bridgehead atoms. The van der Waals surface area contributed by atoms with E-state index in [-0.39, 0.29) is 0 Å². The SMILES string of the molecule is C=CC=CCCCCCCCCBr. The maximum atomic E-state index is 3.64. The van der Waals surface area contributed by atoms with Gasteiger partial charge in [-0.25, -0.2) is 0 Å². The summed E-state index contributed by atoms with van der Waals surface area (Å²) in [5, 5.41) is 1.16. The van der Waals surface area contributed by atoms with E-state index in [1.807, 2.05) is 12.2 Å². The molecule has 0 aliphatic carbocycles. The summed E-state index contributed by atoms with van der Waals surface area (Å²) in [4.78, 5) is 0. The van der Waals surface area contributed by atoms with E-state index >= 15 is 0 Å². The molecule has 0 aliphatic heterocycles. The van der Waals surface area contributed by atoms with Crippen LogP contribution in [-0.4, -0.2) is 5.33 Å². The Labute approximate surface area is 91.2 Å². The lowest BCUT2D eigenvalue weighted by Gasteiger charge is -1.98. The Morgan fingerprint density at radius 1 is 0.923 bits per heavy atom. The minimum absolute atomic E-state index is 1.16. The number of alkyl halides is 1. The van der Waals surface area contributed by atoms with Gasteiger partial charge in [-0.05, 0) is 19.3 Å². The molecule has 0 unspecified atom stereocenters. The Hall–Kier alpha value is -0.0400. The number of unbranched alkanes of at least 4 members (excludes halogenated alkanes) is 6. The van der Waals surface area contributed by atoms with E-state index in [4.69, 9.17) is 0 Å². The van der Waals surface area contributed by atoms with Crippen LogP contribution in [0.4, 0.5) is 0 Å². The van der Waals surface area contributed by atoms with Crippen molar-refractivity contribution in [2.45, 2.75) is 44.9 Å². The molecule has 0 saturated heterocycles. The minimum Gasteiger partial charge on any atom is -0.0991 e. The second-order valence-corrected chi connectivity index (χ2v) is 4.06. The van der Waals surface area contributed by atoms with Crippen molar-refractivity contribution in [2.24, 2.45) is 0 Å². The molecule has 0 radical (unpaired) electrons. The zero-order valence-electron chi connectivity index (χ0n) is 8.47. The summed E-state index contributed by atoms with van der Waals surface area (Å²) in [7, 11) is 0. The van der Waals surface area contributed by atoms with Gasteiger partial charge in [0.05, 0.1) is 0 Å². The van der Waals surface area contributed by atoms with Gasteiger partial charge in [0.2, 0.25) is 0 Å². The topological polar surface area (TPSA) is 0 Å². The van der Waals surface area contributed by atoms with Crippen molar-refractivity contribution in [3.63, 3.8) is 0 Å². The molecule has 0 atom stereocenters. The van der Waals surface area contributed by atoms with Crippen LogP contribution >= 0.6 is 15.9 Å². The maximum absolute atomic E-state index is 3.64. The second kappa shape index (κ2) is 12.0. The molecular formula is C12H21Br. The normalized spacial score (nSPS) is 10.8. The summed E-state index contributed by atoms with van der Waals surface area (Å²) in [5.74, 6) is 0. The van der Waals surface area contributed by atoms with Crippen LogP contribution in [0.5, 0.6) is 0 Å². The van der Waals surface area contributed by atoms with Crippen LogP contribution in [0.1, 0.15) is 44.9 Å². The van der Waals surface area contributed by atoms with Gasteiger partial charge in [-0.3, -0.25) is 0 Å². The van der Waals surface area contributed by atoms with Crippen LogP contribution in [-0.2, 0) is 0 Å². The Balaban J connectivity index is 2.91. The molecular weight excluding hydrogens is 224 g/mol. The molecule has 0 aromatic rings. The zero-order chi connectivity index (χ0) is 9.78. The van der Waals surface area contributed by atoms with Crippen molar-refractivity contribution in [1.29, 1.82) is 0 Å².